The predicted molar refractivity (Wildman–Crippen MR) is 67.6 cm³/mol. The summed E-state index contributed by atoms with van der Waals surface area (Å²) in [5.41, 5.74) is 3.37. The maximum Gasteiger partial charge on any atom is 0.159 e. The van der Waals surface area contributed by atoms with E-state index in [1.807, 2.05) is 0 Å². The van der Waals surface area contributed by atoms with E-state index in [1.165, 1.54) is 28.1 Å². The molecule has 0 unspecified atom stereocenters. The highest BCUT2D eigenvalue weighted by molar-refractivity contribution is 7.10. The summed E-state index contributed by atoms with van der Waals surface area (Å²) < 4.78 is 25.9. The molecule has 0 saturated carbocycles. The first kappa shape index (κ1) is 12.2. The maximum absolute atomic E-state index is 13.1. The summed E-state index contributed by atoms with van der Waals surface area (Å²) in [6.07, 6.45) is 1.65. The van der Waals surface area contributed by atoms with Crippen LogP contribution < -0.4 is 0 Å². The van der Waals surface area contributed by atoms with Gasteiger partial charge in [0.05, 0.1) is 0 Å². The molecule has 90 valence electrons. The molecule has 2 aromatic rings. The largest absolute Gasteiger partial charge is 0.204 e. The monoisotopic (exact) mass is 252 g/mol. The van der Waals surface area contributed by atoms with Crippen molar-refractivity contribution in [3.63, 3.8) is 0 Å². The molecular weight excluding hydrogens is 238 g/mol. The summed E-state index contributed by atoms with van der Waals surface area (Å²) in [5.74, 6) is -1.56. The second-order valence-corrected chi connectivity index (χ2v) is 5.16. The van der Waals surface area contributed by atoms with Crippen molar-refractivity contribution >= 4 is 11.3 Å². The van der Waals surface area contributed by atoms with Gasteiger partial charge in [0.1, 0.15) is 0 Å². The van der Waals surface area contributed by atoms with E-state index in [0.29, 0.717) is 6.42 Å². The molecule has 17 heavy (non-hydrogen) atoms. The smallest absolute Gasteiger partial charge is 0.159 e. The standard InChI is InChI=1S/C14H14F2S/c1-3-12-9(2)17-8-11(12)6-10-4-5-13(15)14(16)7-10/h4-5,7-8H,3,6H2,1-2H3. The van der Waals surface area contributed by atoms with Crippen molar-refractivity contribution in [2.75, 3.05) is 0 Å². The van der Waals surface area contributed by atoms with Crippen molar-refractivity contribution in [1.82, 2.24) is 0 Å². The Balaban J connectivity index is 2.28. The zero-order valence-corrected chi connectivity index (χ0v) is 10.7. The number of benzene rings is 1. The summed E-state index contributed by atoms with van der Waals surface area (Å²) in [5, 5.41) is 2.11. The normalized spacial score (nSPS) is 10.8. The minimum Gasteiger partial charge on any atom is -0.204 e. The highest BCUT2D eigenvalue weighted by Gasteiger charge is 2.09. The zero-order valence-electron chi connectivity index (χ0n) is 9.89. The minimum atomic E-state index is -0.786. The van der Waals surface area contributed by atoms with Crippen molar-refractivity contribution in [2.24, 2.45) is 0 Å². The Morgan fingerprint density at radius 3 is 2.59 bits per heavy atom. The molecule has 0 nitrogen and oxygen atoms in total. The molecule has 0 radical (unpaired) electrons. The summed E-state index contributed by atoms with van der Waals surface area (Å²) in [4.78, 5) is 1.31. The summed E-state index contributed by atoms with van der Waals surface area (Å²) in [6, 6.07) is 4.11. The van der Waals surface area contributed by atoms with Gasteiger partial charge in [-0.05, 0) is 54.0 Å². The number of hydrogen-bond acceptors (Lipinski definition) is 1. The van der Waals surface area contributed by atoms with Gasteiger partial charge in [0.25, 0.3) is 0 Å². The lowest BCUT2D eigenvalue weighted by Gasteiger charge is -2.04. The van der Waals surface area contributed by atoms with Crippen LogP contribution in [0.3, 0.4) is 0 Å². The molecule has 0 N–H and O–H groups in total. The predicted octanol–water partition coefficient (Wildman–Crippen LogP) is 4.49. The van der Waals surface area contributed by atoms with Gasteiger partial charge in [-0.25, -0.2) is 8.78 Å². The number of hydrogen-bond donors (Lipinski definition) is 0. The van der Waals surface area contributed by atoms with Crippen LogP contribution in [0.25, 0.3) is 0 Å². The van der Waals surface area contributed by atoms with Gasteiger partial charge < -0.3 is 0 Å². The molecule has 0 fully saturated rings. The first-order valence-corrected chi connectivity index (χ1v) is 6.49. The fourth-order valence-corrected chi connectivity index (χ4v) is 2.98. The number of aryl methyl sites for hydroxylation is 1. The van der Waals surface area contributed by atoms with Crippen LogP contribution in [0.1, 0.15) is 28.5 Å². The van der Waals surface area contributed by atoms with E-state index in [1.54, 1.807) is 17.4 Å². The molecule has 1 heterocycles. The highest BCUT2D eigenvalue weighted by Crippen LogP contribution is 2.25. The fraction of sp³-hybridized carbons (Fsp3) is 0.286. The Hall–Kier alpha value is -1.22. The molecule has 0 aliphatic heterocycles. The molecule has 3 heteroatoms. The van der Waals surface area contributed by atoms with Crippen molar-refractivity contribution in [3.8, 4) is 0 Å². The lowest BCUT2D eigenvalue weighted by Crippen LogP contribution is -1.94. The van der Waals surface area contributed by atoms with Crippen LogP contribution in [0.4, 0.5) is 8.78 Å². The van der Waals surface area contributed by atoms with Gasteiger partial charge >= 0.3 is 0 Å². The molecule has 1 aromatic heterocycles. The van der Waals surface area contributed by atoms with Gasteiger partial charge in [-0.3, -0.25) is 0 Å². The van der Waals surface area contributed by atoms with Crippen LogP contribution in [-0.2, 0) is 12.8 Å². The quantitative estimate of drug-likeness (QED) is 0.755. The SMILES string of the molecule is CCc1c(Cc2ccc(F)c(F)c2)csc1C. The van der Waals surface area contributed by atoms with Gasteiger partial charge in [-0.2, -0.15) is 0 Å². The van der Waals surface area contributed by atoms with Crippen molar-refractivity contribution in [3.05, 3.63) is 56.8 Å². The van der Waals surface area contributed by atoms with Crippen LogP contribution in [-0.4, -0.2) is 0 Å². The minimum absolute atomic E-state index is 0.671. The highest BCUT2D eigenvalue weighted by atomic mass is 32.1. The molecular formula is C14H14F2S. The van der Waals surface area contributed by atoms with Gasteiger partial charge in [-0.15, -0.1) is 11.3 Å². The summed E-state index contributed by atoms with van der Waals surface area (Å²) >= 11 is 1.71. The van der Waals surface area contributed by atoms with Gasteiger partial charge in [0.2, 0.25) is 0 Å². The van der Waals surface area contributed by atoms with E-state index < -0.39 is 11.6 Å². The molecule has 1 aromatic carbocycles. The number of thiophene rings is 1. The Bertz CT molecular complexity index is 529. The number of rotatable bonds is 3. The van der Waals surface area contributed by atoms with Crippen molar-refractivity contribution in [2.45, 2.75) is 26.7 Å². The molecule has 0 atom stereocenters. The van der Waals surface area contributed by atoms with E-state index in [9.17, 15) is 8.78 Å². The lowest BCUT2D eigenvalue weighted by molar-refractivity contribution is 0.507. The third-order valence-electron chi connectivity index (χ3n) is 2.92. The lowest BCUT2D eigenvalue weighted by atomic mass is 10.0. The van der Waals surface area contributed by atoms with Gasteiger partial charge in [0.15, 0.2) is 11.6 Å². The van der Waals surface area contributed by atoms with Crippen LogP contribution in [0.15, 0.2) is 23.6 Å². The van der Waals surface area contributed by atoms with Crippen LogP contribution in [0, 0.1) is 18.6 Å². The van der Waals surface area contributed by atoms with Crippen LogP contribution in [0.5, 0.6) is 0 Å². The second kappa shape index (κ2) is 4.96. The van der Waals surface area contributed by atoms with Gasteiger partial charge in [-0.1, -0.05) is 13.0 Å². The first-order chi connectivity index (χ1) is 8.11. The molecule has 0 aliphatic carbocycles. The molecule has 2 rings (SSSR count). The third kappa shape index (κ3) is 2.55. The Kier molecular flexibility index (Phi) is 3.57. The second-order valence-electron chi connectivity index (χ2n) is 4.07. The molecule has 0 aliphatic rings. The molecule has 0 spiro atoms. The Labute approximate surface area is 104 Å². The Morgan fingerprint density at radius 2 is 1.94 bits per heavy atom. The topological polar surface area (TPSA) is 0 Å². The zero-order chi connectivity index (χ0) is 12.4. The van der Waals surface area contributed by atoms with E-state index in [0.717, 1.165) is 12.0 Å². The summed E-state index contributed by atoms with van der Waals surface area (Å²) in [6.45, 7) is 4.21. The van der Waals surface area contributed by atoms with E-state index in [-0.39, 0.29) is 0 Å². The molecule has 0 bridgehead atoms. The first-order valence-electron chi connectivity index (χ1n) is 5.61. The summed E-state index contributed by atoms with van der Waals surface area (Å²) in [7, 11) is 0. The van der Waals surface area contributed by atoms with E-state index in [4.69, 9.17) is 0 Å². The van der Waals surface area contributed by atoms with Crippen LogP contribution >= 0.6 is 11.3 Å². The maximum atomic E-state index is 13.1. The third-order valence-corrected chi connectivity index (χ3v) is 3.93. The van der Waals surface area contributed by atoms with Gasteiger partial charge in [0, 0.05) is 4.88 Å². The number of halogens is 2. The average Bonchev–Trinajstić information content (AvgIpc) is 2.64. The average molecular weight is 252 g/mol. The van der Waals surface area contributed by atoms with Crippen LogP contribution in [0.2, 0.25) is 0 Å². The Morgan fingerprint density at radius 1 is 1.18 bits per heavy atom. The van der Waals surface area contributed by atoms with E-state index in [2.05, 4.69) is 19.2 Å². The van der Waals surface area contributed by atoms with E-state index >= 15 is 0 Å². The molecule has 0 saturated heterocycles. The van der Waals surface area contributed by atoms with Crippen molar-refractivity contribution in [1.29, 1.82) is 0 Å². The fourth-order valence-electron chi connectivity index (χ4n) is 2.02. The van der Waals surface area contributed by atoms with Crippen molar-refractivity contribution < 1.29 is 8.78 Å². The molecule has 0 amide bonds.